The number of carbonyl (C=O) groups is 4. The van der Waals surface area contributed by atoms with Gasteiger partial charge in [-0.1, -0.05) is 68.2 Å². The Morgan fingerprint density at radius 1 is 1.08 bits per heavy atom. The Bertz CT molecular complexity index is 1170. The van der Waals surface area contributed by atoms with Gasteiger partial charge >= 0.3 is 11.9 Å². The van der Waals surface area contributed by atoms with E-state index in [1.165, 1.54) is 18.4 Å². The van der Waals surface area contributed by atoms with E-state index in [9.17, 15) is 19.2 Å². The lowest BCUT2D eigenvalue weighted by Crippen LogP contribution is -2.59. The van der Waals surface area contributed by atoms with Crippen LogP contribution in [-0.2, 0) is 28.3 Å². The molecule has 5 atom stereocenters. The molecule has 0 bridgehead atoms. The highest BCUT2D eigenvalue weighted by Crippen LogP contribution is 2.37. The third-order valence-corrected chi connectivity index (χ3v) is 15.7. The van der Waals surface area contributed by atoms with Gasteiger partial charge in [-0.05, 0) is 69.2 Å². The molecule has 13 heteroatoms. The van der Waals surface area contributed by atoms with Crippen LogP contribution in [0.1, 0.15) is 122 Å². The molecule has 1 fully saturated rings. The number of amides is 2. The summed E-state index contributed by atoms with van der Waals surface area (Å²) in [6.07, 6.45) is 4.18. The summed E-state index contributed by atoms with van der Waals surface area (Å²) in [7, 11) is 1.09. The summed E-state index contributed by atoms with van der Waals surface area (Å²) in [4.78, 5) is 61.8. The minimum Gasteiger partial charge on any atom is -0.464 e. The Hall–Kier alpha value is -2.35. The van der Waals surface area contributed by atoms with E-state index in [4.69, 9.17) is 13.9 Å². The zero-order valence-corrected chi connectivity index (χ0v) is 33.0. The number of nitrogens with zero attached hydrogens (tertiary/aromatic N) is 3. The summed E-state index contributed by atoms with van der Waals surface area (Å²) in [6, 6.07) is 1.20. The molecule has 0 saturated carbocycles. The molecule has 48 heavy (non-hydrogen) atoms. The van der Waals surface area contributed by atoms with E-state index in [2.05, 4.69) is 36.0 Å². The molecule has 2 amide bonds. The first-order valence-electron chi connectivity index (χ1n) is 18.0. The standard InChI is InChI=1S/C35H62N4O7SSi/c1-11-18-30(40)45-23-39(34(42)31(25(8)12-2)37-32(41)27-19-16-17-20-38(27)9)28(24(6)7)21-29(46-48(13-3,14-4)15-5)33-36-26(22-47-33)35(43)44-10/h22,24-25,27-29,31H,11-21,23H2,1-10H3,(H,37,41)/t25?,27?,28-,29?,31?/m1/s1. The SMILES string of the molecule is CCCC(=O)OCN(C(=O)C(NC(=O)C1CCCCN1C)C(C)CC)[C@H](CC(O[Si](CC)(CC)CC)c1nc(C(=O)OC)cs1)C(C)C. The quantitative estimate of drug-likeness (QED) is 0.0911. The number of esters is 2. The summed E-state index contributed by atoms with van der Waals surface area (Å²) < 4.78 is 17.7. The molecule has 2 rings (SSSR count). The Morgan fingerprint density at radius 2 is 1.75 bits per heavy atom. The van der Waals surface area contributed by atoms with Crippen LogP contribution in [0.3, 0.4) is 0 Å². The fourth-order valence-electron chi connectivity index (χ4n) is 6.37. The van der Waals surface area contributed by atoms with Gasteiger partial charge in [0.15, 0.2) is 20.7 Å². The van der Waals surface area contributed by atoms with Crippen molar-refractivity contribution in [2.24, 2.45) is 11.8 Å². The molecule has 1 aromatic heterocycles. The van der Waals surface area contributed by atoms with Gasteiger partial charge < -0.3 is 24.1 Å². The molecule has 0 aliphatic carbocycles. The highest BCUT2D eigenvalue weighted by Gasteiger charge is 2.41. The summed E-state index contributed by atoms with van der Waals surface area (Å²) in [5.74, 6) is -1.55. The molecular formula is C35H62N4O7SSi. The first kappa shape index (κ1) is 41.8. The fourth-order valence-corrected chi connectivity index (χ4v) is 10.1. The second kappa shape index (κ2) is 20.4. The van der Waals surface area contributed by atoms with Gasteiger partial charge in [0.05, 0.1) is 19.3 Å². The van der Waals surface area contributed by atoms with Gasteiger partial charge in [-0.15, -0.1) is 11.3 Å². The minimum absolute atomic E-state index is 0.0660. The number of aromatic nitrogens is 1. The first-order valence-corrected chi connectivity index (χ1v) is 21.4. The molecule has 1 saturated heterocycles. The molecule has 1 N–H and O–H groups in total. The van der Waals surface area contributed by atoms with Gasteiger partial charge in [0, 0.05) is 17.8 Å². The van der Waals surface area contributed by atoms with E-state index in [0.29, 0.717) is 24.3 Å². The third kappa shape index (κ3) is 11.3. The maximum absolute atomic E-state index is 14.8. The molecule has 0 radical (unpaired) electrons. The lowest BCUT2D eigenvalue weighted by Gasteiger charge is -2.41. The van der Waals surface area contributed by atoms with Crippen molar-refractivity contribution in [2.45, 2.75) is 143 Å². The summed E-state index contributed by atoms with van der Waals surface area (Å²) in [5, 5.41) is 5.46. The van der Waals surface area contributed by atoms with Gasteiger partial charge in [0.25, 0.3) is 0 Å². The maximum atomic E-state index is 14.8. The van der Waals surface area contributed by atoms with Crippen molar-refractivity contribution in [3.63, 3.8) is 0 Å². The maximum Gasteiger partial charge on any atom is 0.357 e. The number of hydrogen-bond acceptors (Lipinski definition) is 10. The fraction of sp³-hybridized carbons (Fsp3) is 0.800. The molecule has 0 aromatic carbocycles. The Morgan fingerprint density at radius 3 is 2.29 bits per heavy atom. The van der Waals surface area contributed by atoms with E-state index in [1.807, 2.05) is 41.7 Å². The van der Waals surface area contributed by atoms with Crippen LogP contribution < -0.4 is 5.32 Å². The Labute approximate surface area is 294 Å². The molecule has 4 unspecified atom stereocenters. The Balaban J connectivity index is 2.60. The zero-order chi connectivity index (χ0) is 36.0. The molecule has 2 heterocycles. The normalized spacial score (nSPS) is 18.1. The van der Waals surface area contributed by atoms with Crippen LogP contribution in [0.25, 0.3) is 0 Å². The molecule has 1 aliphatic heterocycles. The lowest BCUT2D eigenvalue weighted by atomic mass is 9.92. The van der Waals surface area contributed by atoms with Crippen LogP contribution in [0.2, 0.25) is 18.1 Å². The molecule has 1 aliphatic rings. The second-order valence-corrected chi connectivity index (χ2v) is 19.1. The summed E-state index contributed by atoms with van der Waals surface area (Å²) in [5.41, 5.74) is 0.220. The number of thiazole rings is 1. The molecular weight excluding hydrogens is 649 g/mol. The van der Waals surface area contributed by atoms with Gasteiger partial charge in [-0.3, -0.25) is 19.3 Å². The van der Waals surface area contributed by atoms with Crippen LogP contribution in [0.4, 0.5) is 0 Å². The average Bonchev–Trinajstić information content (AvgIpc) is 3.58. The lowest BCUT2D eigenvalue weighted by molar-refractivity contribution is -0.159. The zero-order valence-electron chi connectivity index (χ0n) is 31.1. The van der Waals surface area contributed by atoms with Crippen molar-refractivity contribution in [3.05, 3.63) is 16.1 Å². The second-order valence-electron chi connectivity index (χ2n) is 13.5. The van der Waals surface area contributed by atoms with Crippen molar-refractivity contribution < 1.29 is 33.1 Å². The van der Waals surface area contributed by atoms with Crippen molar-refractivity contribution in [1.29, 1.82) is 0 Å². The molecule has 1 aromatic rings. The first-order chi connectivity index (χ1) is 22.8. The van der Waals surface area contributed by atoms with Crippen LogP contribution in [-0.4, -0.2) is 92.4 Å². The van der Waals surface area contributed by atoms with Crippen molar-refractivity contribution >= 4 is 43.4 Å². The number of hydrogen-bond donors (Lipinski definition) is 1. The number of ether oxygens (including phenoxy) is 2. The van der Waals surface area contributed by atoms with Crippen molar-refractivity contribution in [1.82, 2.24) is 20.1 Å². The number of piperidine rings is 1. The Kier molecular flexibility index (Phi) is 17.7. The largest absolute Gasteiger partial charge is 0.464 e. The average molecular weight is 711 g/mol. The van der Waals surface area contributed by atoms with E-state index >= 15 is 0 Å². The molecule has 11 nitrogen and oxygen atoms in total. The van der Waals surface area contributed by atoms with E-state index in [0.717, 1.165) is 43.9 Å². The number of nitrogens with one attached hydrogen (secondary N) is 1. The smallest absolute Gasteiger partial charge is 0.357 e. The third-order valence-electron chi connectivity index (χ3n) is 10.1. The highest BCUT2D eigenvalue weighted by atomic mass is 32.1. The number of methoxy groups -OCH3 is 1. The van der Waals surface area contributed by atoms with E-state index < -0.39 is 32.5 Å². The van der Waals surface area contributed by atoms with Crippen molar-refractivity contribution in [3.8, 4) is 0 Å². The van der Waals surface area contributed by atoms with E-state index in [-0.39, 0.29) is 54.5 Å². The van der Waals surface area contributed by atoms with Gasteiger partial charge in [0.2, 0.25) is 11.8 Å². The predicted molar refractivity (Wildman–Crippen MR) is 192 cm³/mol. The van der Waals surface area contributed by atoms with Crippen LogP contribution in [0, 0.1) is 11.8 Å². The van der Waals surface area contributed by atoms with Crippen LogP contribution >= 0.6 is 11.3 Å². The van der Waals surface area contributed by atoms with Crippen LogP contribution in [0.5, 0.6) is 0 Å². The van der Waals surface area contributed by atoms with Crippen molar-refractivity contribution in [2.75, 3.05) is 27.4 Å². The molecule has 274 valence electrons. The monoisotopic (exact) mass is 710 g/mol. The topological polar surface area (TPSA) is 127 Å². The molecule has 0 spiro atoms. The number of rotatable bonds is 20. The van der Waals surface area contributed by atoms with Crippen LogP contribution in [0.15, 0.2) is 5.38 Å². The van der Waals surface area contributed by atoms with Gasteiger partial charge in [-0.25, -0.2) is 9.78 Å². The predicted octanol–water partition coefficient (Wildman–Crippen LogP) is 6.55. The summed E-state index contributed by atoms with van der Waals surface area (Å²) >= 11 is 1.35. The van der Waals surface area contributed by atoms with E-state index in [1.54, 1.807) is 10.3 Å². The van der Waals surface area contributed by atoms with Gasteiger partial charge in [0.1, 0.15) is 11.0 Å². The number of carbonyl (C=O) groups excluding carboxylic acids is 4. The number of likely N-dealkylation sites (tertiary alicyclic amines) is 1. The van der Waals surface area contributed by atoms with Gasteiger partial charge in [-0.2, -0.15) is 0 Å². The summed E-state index contributed by atoms with van der Waals surface area (Å²) in [6.45, 7) is 17.0. The minimum atomic E-state index is -2.19. The number of likely N-dealkylation sites (N-methyl/N-ethyl adjacent to an activating group) is 1. The highest BCUT2D eigenvalue weighted by molar-refractivity contribution is 7.09.